The number of benzene rings is 1. The Labute approximate surface area is 146 Å². The molecule has 2 rings (SSSR count). The first-order chi connectivity index (χ1) is 11.4. The van der Waals surface area contributed by atoms with Gasteiger partial charge in [-0.3, -0.25) is 9.69 Å². The predicted octanol–water partition coefficient (Wildman–Crippen LogP) is 1.86. The van der Waals surface area contributed by atoms with Crippen LogP contribution < -0.4 is 5.32 Å². The standard InChI is InChI=1S/C19H31N3O2/c1-15(2)24-14-18-7-5-6-17(10-18)11-20-19(23)13-22-9-8-21(4)12-16(22)3/h5-7,10,15-16H,8-9,11-14H2,1-4H3,(H,20,23)/t16-/m0/s1. The molecule has 0 saturated carbocycles. The maximum Gasteiger partial charge on any atom is 0.234 e. The van der Waals surface area contributed by atoms with E-state index in [4.69, 9.17) is 4.74 Å². The summed E-state index contributed by atoms with van der Waals surface area (Å²) in [5, 5.41) is 3.04. The van der Waals surface area contributed by atoms with Crippen molar-refractivity contribution in [3.05, 3.63) is 35.4 Å². The van der Waals surface area contributed by atoms with E-state index in [1.165, 1.54) is 0 Å². The van der Waals surface area contributed by atoms with E-state index in [1.807, 2.05) is 26.0 Å². The van der Waals surface area contributed by atoms with E-state index in [0.29, 0.717) is 25.7 Å². The fourth-order valence-electron chi connectivity index (χ4n) is 2.95. The van der Waals surface area contributed by atoms with Gasteiger partial charge >= 0.3 is 0 Å². The van der Waals surface area contributed by atoms with Gasteiger partial charge in [-0.05, 0) is 38.9 Å². The number of hydrogen-bond donors (Lipinski definition) is 1. The van der Waals surface area contributed by atoms with E-state index in [-0.39, 0.29) is 12.0 Å². The van der Waals surface area contributed by atoms with Crippen molar-refractivity contribution in [2.75, 3.05) is 33.2 Å². The molecule has 24 heavy (non-hydrogen) atoms. The molecular weight excluding hydrogens is 302 g/mol. The Kier molecular flexibility index (Phi) is 7.21. The molecule has 1 fully saturated rings. The van der Waals surface area contributed by atoms with Gasteiger partial charge in [-0.2, -0.15) is 0 Å². The molecule has 0 unspecified atom stereocenters. The lowest BCUT2D eigenvalue weighted by Gasteiger charge is -2.37. The van der Waals surface area contributed by atoms with Crippen molar-refractivity contribution in [3.63, 3.8) is 0 Å². The Morgan fingerprint density at radius 1 is 1.33 bits per heavy atom. The summed E-state index contributed by atoms with van der Waals surface area (Å²) in [6.45, 7) is 10.9. The highest BCUT2D eigenvalue weighted by atomic mass is 16.5. The number of carbonyl (C=O) groups is 1. The van der Waals surface area contributed by atoms with E-state index in [2.05, 4.69) is 41.2 Å². The van der Waals surface area contributed by atoms with Crippen LogP contribution in [0.15, 0.2) is 24.3 Å². The average molecular weight is 333 g/mol. The molecule has 0 aromatic heterocycles. The number of ether oxygens (including phenoxy) is 1. The van der Waals surface area contributed by atoms with Gasteiger partial charge in [0, 0.05) is 32.2 Å². The summed E-state index contributed by atoms with van der Waals surface area (Å²) in [5.74, 6) is 0.0928. The van der Waals surface area contributed by atoms with Gasteiger partial charge in [0.15, 0.2) is 0 Å². The van der Waals surface area contributed by atoms with Gasteiger partial charge in [0.1, 0.15) is 0 Å². The Bertz CT molecular complexity index is 533. The highest BCUT2D eigenvalue weighted by Crippen LogP contribution is 2.09. The molecule has 0 radical (unpaired) electrons. The second-order valence-corrected chi connectivity index (χ2v) is 7.04. The summed E-state index contributed by atoms with van der Waals surface area (Å²) in [6.07, 6.45) is 0.221. The van der Waals surface area contributed by atoms with Gasteiger partial charge in [-0.1, -0.05) is 24.3 Å². The summed E-state index contributed by atoms with van der Waals surface area (Å²) in [4.78, 5) is 16.8. The van der Waals surface area contributed by atoms with Gasteiger partial charge in [0.2, 0.25) is 5.91 Å². The second kappa shape index (κ2) is 9.16. The molecule has 134 valence electrons. The second-order valence-electron chi connectivity index (χ2n) is 7.04. The van der Waals surface area contributed by atoms with Crippen LogP contribution in [-0.4, -0.2) is 61.1 Å². The number of amides is 1. The summed E-state index contributed by atoms with van der Waals surface area (Å²) < 4.78 is 5.63. The summed E-state index contributed by atoms with van der Waals surface area (Å²) in [6, 6.07) is 8.63. The summed E-state index contributed by atoms with van der Waals surface area (Å²) >= 11 is 0. The predicted molar refractivity (Wildman–Crippen MR) is 96.7 cm³/mol. The van der Waals surface area contributed by atoms with E-state index in [9.17, 15) is 4.79 Å². The van der Waals surface area contributed by atoms with Crippen molar-refractivity contribution >= 4 is 5.91 Å². The molecule has 5 heteroatoms. The zero-order valence-corrected chi connectivity index (χ0v) is 15.4. The molecule has 0 bridgehead atoms. The van der Waals surface area contributed by atoms with Crippen LogP contribution in [0.25, 0.3) is 0 Å². The molecule has 1 atom stereocenters. The van der Waals surface area contributed by atoms with Crippen LogP contribution in [0.4, 0.5) is 0 Å². The minimum absolute atomic E-state index is 0.0928. The lowest BCUT2D eigenvalue weighted by Crippen LogP contribution is -2.53. The van der Waals surface area contributed by atoms with Crippen LogP contribution in [-0.2, 0) is 22.7 Å². The van der Waals surface area contributed by atoms with Crippen LogP contribution in [0.1, 0.15) is 31.9 Å². The number of likely N-dealkylation sites (N-methyl/N-ethyl adjacent to an activating group) is 1. The van der Waals surface area contributed by atoms with Gasteiger partial charge in [0.05, 0.1) is 19.3 Å². The number of nitrogens with zero attached hydrogens (tertiary/aromatic N) is 2. The molecule has 0 aliphatic carbocycles. The van der Waals surface area contributed by atoms with E-state index in [0.717, 1.165) is 30.8 Å². The first-order valence-corrected chi connectivity index (χ1v) is 8.82. The zero-order valence-electron chi connectivity index (χ0n) is 15.4. The highest BCUT2D eigenvalue weighted by Gasteiger charge is 2.22. The van der Waals surface area contributed by atoms with E-state index >= 15 is 0 Å². The molecule has 1 saturated heterocycles. The fraction of sp³-hybridized carbons (Fsp3) is 0.632. The summed E-state index contributed by atoms with van der Waals surface area (Å²) in [7, 11) is 2.13. The maximum absolute atomic E-state index is 12.2. The van der Waals surface area contributed by atoms with Crippen LogP contribution in [0.2, 0.25) is 0 Å². The quantitative estimate of drug-likeness (QED) is 0.827. The van der Waals surface area contributed by atoms with Crippen LogP contribution in [0, 0.1) is 0 Å². The number of piperazine rings is 1. The van der Waals surface area contributed by atoms with Crippen molar-refractivity contribution in [2.24, 2.45) is 0 Å². The third-order valence-corrected chi connectivity index (χ3v) is 4.38. The number of carbonyl (C=O) groups excluding carboxylic acids is 1. The molecule has 5 nitrogen and oxygen atoms in total. The van der Waals surface area contributed by atoms with Crippen LogP contribution in [0.3, 0.4) is 0 Å². The largest absolute Gasteiger partial charge is 0.374 e. The minimum atomic E-state index is 0.0928. The van der Waals surface area contributed by atoms with Crippen molar-refractivity contribution in [1.82, 2.24) is 15.1 Å². The highest BCUT2D eigenvalue weighted by molar-refractivity contribution is 5.78. The van der Waals surface area contributed by atoms with Gasteiger partial charge in [0.25, 0.3) is 0 Å². The van der Waals surface area contributed by atoms with Gasteiger partial charge in [-0.15, -0.1) is 0 Å². The molecule has 0 spiro atoms. The third kappa shape index (κ3) is 6.23. The molecule has 1 amide bonds. The molecule has 1 aliphatic rings. The van der Waals surface area contributed by atoms with Crippen molar-refractivity contribution in [1.29, 1.82) is 0 Å². The Balaban J connectivity index is 1.78. The molecule has 1 aromatic carbocycles. The fourth-order valence-corrected chi connectivity index (χ4v) is 2.95. The monoisotopic (exact) mass is 333 g/mol. The normalized spacial score (nSPS) is 19.6. The first-order valence-electron chi connectivity index (χ1n) is 8.82. The zero-order chi connectivity index (χ0) is 17.5. The van der Waals surface area contributed by atoms with Crippen molar-refractivity contribution < 1.29 is 9.53 Å². The Morgan fingerprint density at radius 2 is 2.08 bits per heavy atom. The smallest absolute Gasteiger partial charge is 0.234 e. The molecular formula is C19H31N3O2. The third-order valence-electron chi connectivity index (χ3n) is 4.38. The maximum atomic E-state index is 12.2. The Hall–Kier alpha value is -1.43. The minimum Gasteiger partial charge on any atom is -0.374 e. The first kappa shape index (κ1) is 18.9. The topological polar surface area (TPSA) is 44.8 Å². The van der Waals surface area contributed by atoms with E-state index < -0.39 is 0 Å². The molecule has 1 N–H and O–H groups in total. The molecule has 1 aliphatic heterocycles. The SMILES string of the molecule is CC(C)OCc1cccc(CNC(=O)CN2CCN(C)C[C@@H]2C)c1. The van der Waals surface area contributed by atoms with Gasteiger partial charge < -0.3 is 15.0 Å². The van der Waals surface area contributed by atoms with Crippen molar-refractivity contribution in [3.8, 4) is 0 Å². The number of rotatable bonds is 7. The average Bonchev–Trinajstić information content (AvgIpc) is 2.54. The number of nitrogens with one attached hydrogen (secondary N) is 1. The lowest BCUT2D eigenvalue weighted by atomic mass is 10.1. The number of hydrogen-bond acceptors (Lipinski definition) is 4. The van der Waals surface area contributed by atoms with Gasteiger partial charge in [-0.25, -0.2) is 0 Å². The van der Waals surface area contributed by atoms with Crippen molar-refractivity contribution in [2.45, 2.75) is 46.1 Å². The molecule has 1 heterocycles. The molecule has 1 aromatic rings. The Morgan fingerprint density at radius 3 is 2.79 bits per heavy atom. The van der Waals surface area contributed by atoms with E-state index in [1.54, 1.807) is 0 Å². The summed E-state index contributed by atoms with van der Waals surface area (Å²) in [5.41, 5.74) is 2.25. The lowest BCUT2D eigenvalue weighted by molar-refractivity contribution is -0.123. The van der Waals surface area contributed by atoms with Crippen LogP contribution in [0.5, 0.6) is 0 Å². The van der Waals surface area contributed by atoms with Crippen LogP contribution >= 0.6 is 0 Å².